The number of benzene rings is 3. The summed E-state index contributed by atoms with van der Waals surface area (Å²) in [6.45, 7) is 0.245. The topological polar surface area (TPSA) is 90.1 Å². The van der Waals surface area contributed by atoms with Gasteiger partial charge in [-0.1, -0.05) is 30.3 Å². The summed E-state index contributed by atoms with van der Waals surface area (Å²) in [6, 6.07) is 19.5. The molecule has 0 bridgehead atoms. The number of carbonyl (C=O) groups excluding carboxylic acids is 1. The van der Waals surface area contributed by atoms with Gasteiger partial charge in [-0.05, 0) is 53.6 Å². The van der Waals surface area contributed by atoms with E-state index in [2.05, 4.69) is 10.5 Å². The minimum Gasteiger partial charge on any atom is -0.493 e. The van der Waals surface area contributed by atoms with Gasteiger partial charge in [-0.25, -0.2) is 14.6 Å². The highest BCUT2D eigenvalue weighted by atomic mass is 19.1. The molecule has 33 heavy (non-hydrogen) atoms. The fourth-order valence-electron chi connectivity index (χ4n) is 3.07. The Morgan fingerprint density at radius 2 is 1.85 bits per heavy atom. The number of nitrogens with zero attached hydrogens (tertiary/aromatic N) is 1. The first kappa shape index (κ1) is 21.8. The van der Waals surface area contributed by atoms with Crippen LogP contribution in [0, 0.1) is 5.82 Å². The van der Waals surface area contributed by atoms with Crippen LogP contribution in [0.15, 0.2) is 87.1 Å². The molecular weight excluding hydrogens is 427 g/mol. The van der Waals surface area contributed by atoms with E-state index in [1.54, 1.807) is 54.6 Å². The van der Waals surface area contributed by atoms with Crippen LogP contribution in [-0.2, 0) is 6.61 Å². The van der Waals surface area contributed by atoms with Crippen LogP contribution in [-0.4, -0.2) is 19.2 Å². The molecule has 8 heteroatoms. The number of hydrogen-bond acceptors (Lipinski definition) is 6. The number of carbonyl (C=O) groups is 1. The van der Waals surface area contributed by atoms with Gasteiger partial charge in [0.15, 0.2) is 11.5 Å². The zero-order valence-electron chi connectivity index (χ0n) is 17.6. The molecule has 0 radical (unpaired) electrons. The van der Waals surface area contributed by atoms with Crippen LogP contribution < -0.4 is 20.5 Å². The van der Waals surface area contributed by atoms with Crippen LogP contribution in [0.4, 0.5) is 4.39 Å². The molecule has 1 aromatic heterocycles. The summed E-state index contributed by atoms with van der Waals surface area (Å²) in [5, 5.41) is 4.54. The van der Waals surface area contributed by atoms with Crippen molar-refractivity contribution in [3.63, 3.8) is 0 Å². The van der Waals surface area contributed by atoms with Crippen molar-refractivity contribution in [1.82, 2.24) is 5.43 Å². The number of hydrazone groups is 1. The van der Waals surface area contributed by atoms with E-state index < -0.39 is 11.5 Å². The zero-order valence-corrected chi connectivity index (χ0v) is 17.6. The van der Waals surface area contributed by atoms with Gasteiger partial charge >= 0.3 is 5.63 Å². The van der Waals surface area contributed by atoms with Crippen molar-refractivity contribution < 1.29 is 23.1 Å². The third kappa shape index (κ3) is 5.24. The van der Waals surface area contributed by atoms with Gasteiger partial charge in [0.25, 0.3) is 5.91 Å². The monoisotopic (exact) mass is 446 g/mol. The lowest BCUT2D eigenvalue weighted by atomic mass is 10.2. The molecule has 166 valence electrons. The van der Waals surface area contributed by atoms with Gasteiger partial charge in [-0.15, -0.1) is 0 Å². The van der Waals surface area contributed by atoms with Crippen molar-refractivity contribution in [3.8, 4) is 11.5 Å². The second-order valence-corrected chi connectivity index (χ2v) is 7.01. The van der Waals surface area contributed by atoms with E-state index in [0.29, 0.717) is 28.0 Å². The first-order valence-electron chi connectivity index (χ1n) is 9.95. The van der Waals surface area contributed by atoms with E-state index >= 15 is 0 Å². The van der Waals surface area contributed by atoms with E-state index in [1.165, 1.54) is 31.5 Å². The fourth-order valence-corrected chi connectivity index (χ4v) is 3.07. The van der Waals surface area contributed by atoms with E-state index in [-0.39, 0.29) is 18.0 Å². The molecule has 1 heterocycles. The van der Waals surface area contributed by atoms with Gasteiger partial charge in [0.2, 0.25) is 0 Å². The number of ether oxygens (including phenoxy) is 2. The Labute approximate surface area is 188 Å². The highest BCUT2D eigenvalue weighted by Crippen LogP contribution is 2.28. The van der Waals surface area contributed by atoms with Crippen LogP contribution >= 0.6 is 0 Å². The molecule has 1 amide bonds. The molecule has 0 saturated heterocycles. The lowest BCUT2D eigenvalue weighted by molar-refractivity contribution is 0.0951. The summed E-state index contributed by atoms with van der Waals surface area (Å²) in [4.78, 5) is 24.4. The smallest absolute Gasteiger partial charge is 0.349 e. The zero-order chi connectivity index (χ0) is 23.2. The van der Waals surface area contributed by atoms with E-state index in [0.717, 1.165) is 5.56 Å². The molecule has 4 rings (SSSR count). The highest BCUT2D eigenvalue weighted by Gasteiger charge is 2.13. The van der Waals surface area contributed by atoms with Crippen molar-refractivity contribution >= 4 is 23.1 Å². The van der Waals surface area contributed by atoms with Gasteiger partial charge in [-0.2, -0.15) is 5.10 Å². The largest absolute Gasteiger partial charge is 0.493 e. The SMILES string of the molecule is COc1cc(C=NNC(=O)c2cc3ccccc3oc2=O)ccc1OCc1ccc(F)cc1. The van der Waals surface area contributed by atoms with Crippen LogP contribution in [0.3, 0.4) is 0 Å². The molecule has 0 aliphatic rings. The number of rotatable bonds is 7. The predicted molar refractivity (Wildman–Crippen MR) is 121 cm³/mol. The second kappa shape index (κ2) is 9.78. The Kier molecular flexibility index (Phi) is 6.45. The van der Waals surface area contributed by atoms with Crippen molar-refractivity contribution in [2.45, 2.75) is 6.61 Å². The standard InChI is InChI=1S/C25H19FN2O5/c1-31-23-12-17(8-11-22(23)32-15-16-6-9-19(26)10-7-16)14-27-28-24(29)20-13-18-4-2-3-5-21(18)33-25(20)30/h2-14H,15H2,1H3,(H,28,29). The highest BCUT2D eigenvalue weighted by molar-refractivity contribution is 5.97. The quantitative estimate of drug-likeness (QED) is 0.260. The number of fused-ring (bicyclic) bond motifs is 1. The normalized spacial score (nSPS) is 11.0. The Balaban J connectivity index is 1.42. The van der Waals surface area contributed by atoms with Gasteiger partial charge in [0.05, 0.1) is 13.3 Å². The van der Waals surface area contributed by atoms with E-state index in [9.17, 15) is 14.0 Å². The van der Waals surface area contributed by atoms with Gasteiger partial charge < -0.3 is 13.9 Å². The van der Waals surface area contributed by atoms with Gasteiger partial charge in [0, 0.05) is 5.39 Å². The molecule has 3 aromatic carbocycles. The maximum atomic E-state index is 13.0. The Hall–Kier alpha value is -4.46. The second-order valence-electron chi connectivity index (χ2n) is 7.01. The molecule has 4 aromatic rings. The molecule has 0 atom stereocenters. The lowest BCUT2D eigenvalue weighted by Crippen LogP contribution is -2.24. The molecule has 0 aliphatic carbocycles. The first-order chi connectivity index (χ1) is 16.0. The number of hydrogen-bond donors (Lipinski definition) is 1. The summed E-state index contributed by atoms with van der Waals surface area (Å²) in [5.74, 6) is -0.0372. The summed E-state index contributed by atoms with van der Waals surface area (Å²) in [7, 11) is 1.50. The molecule has 0 fully saturated rings. The molecule has 1 N–H and O–H groups in total. The van der Waals surface area contributed by atoms with Crippen LogP contribution in [0.2, 0.25) is 0 Å². The third-order valence-corrected chi connectivity index (χ3v) is 4.76. The van der Waals surface area contributed by atoms with E-state index in [4.69, 9.17) is 13.9 Å². The predicted octanol–water partition coefficient (Wildman–Crippen LogP) is 4.28. The minimum absolute atomic E-state index is 0.145. The van der Waals surface area contributed by atoms with Crippen molar-refractivity contribution in [2.24, 2.45) is 5.10 Å². The molecular formula is C25H19FN2O5. The molecule has 0 spiro atoms. The van der Waals surface area contributed by atoms with Gasteiger partial charge in [0.1, 0.15) is 23.6 Å². The Morgan fingerprint density at radius 3 is 2.64 bits per heavy atom. The summed E-state index contributed by atoms with van der Waals surface area (Å²) >= 11 is 0. The molecule has 0 saturated carbocycles. The summed E-state index contributed by atoms with van der Waals surface area (Å²) in [5.41, 5.74) is 3.27. The number of halogens is 1. The van der Waals surface area contributed by atoms with Crippen LogP contribution in [0.5, 0.6) is 11.5 Å². The van der Waals surface area contributed by atoms with Crippen LogP contribution in [0.1, 0.15) is 21.5 Å². The van der Waals surface area contributed by atoms with E-state index in [1.807, 2.05) is 0 Å². The Bertz CT molecular complexity index is 1380. The molecule has 0 aliphatic heterocycles. The van der Waals surface area contributed by atoms with Gasteiger partial charge in [-0.3, -0.25) is 4.79 Å². The number of para-hydroxylation sites is 1. The van der Waals surface area contributed by atoms with Crippen LogP contribution in [0.25, 0.3) is 11.0 Å². The average Bonchev–Trinajstić information content (AvgIpc) is 2.83. The summed E-state index contributed by atoms with van der Waals surface area (Å²) < 4.78 is 29.3. The average molecular weight is 446 g/mol. The number of amides is 1. The maximum absolute atomic E-state index is 13.0. The van der Waals surface area contributed by atoms with Crippen molar-refractivity contribution in [3.05, 3.63) is 106 Å². The number of nitrogens with one attached hydrogen (secondary N) is 1. The van der Waals surface area contributed by atoms with Crippen molar-refractivity contribution in [1.29, 1.82) is 0 Å². The third-order valence-electron chi connectivity index (χ3n) is 4.76. The molecule has 7 nitrogen and oxygen atoms in total. The minimum atomic E-state index is -0.745. The molecule has 0 unspecified atom stereocenters. The fraction of sp³-hybridized carbons (Fsp3) is 0.0800. The lowest BCUT2D eigenvalue weighted by Gasteiger charge is -2.11. The van der Waals surface area contributed by atoms with Crippen molar-refractivity contribution in [2.75, 3.05) is 7.11 Å². The first-order valence-corrected chi connectivity index (χ1v) is 9.95. The maximum Gasteiger partial charge on any atom is 0.349 e. The number of methoxy groups -OCH3 is 1. The Morgan fingerprint density at radius 1 is 1.06 bits per heavy atom. The summed E-state index contributed by atoms with van der Waals surface area (Å²) in [6.07, 6.45) is 1.41.